The maximum atomic E-state index is 9.27. The lowest BCUT2D eigenvalue weighted by molar-refractivity contribution is 0.602. The van der Waals surface area contributed by atoms with E-state index in [1.165, 1.54) is 0 Å². The average Bonchev–Trinajstić information content (AvgIpc) is 2.85. The van der Waals surface area contributed by atoms with Gasteiger partial charge in [-0.05, 0) is 24.6 Å². The fraction of sp³-hybridized carbons (Fsp3) is 0.286. The van der Waals surface area contributed by atoms with Crippen LogP contribution < -0.4 is 5.32 Å². The number of nitrogens with one attached hydrogen (secondary N) is 1. The summed E-state index contributed by atoms with van der Waals surface area (Å²) in [5.41, 5.74) is 1.68. The van der Waals surface area contributed by atoms with Gasteiger partial charge in [-0.15, -0.1) is 0 Å². The number of benzene rings is 1. The van der Waals surface area contributed by atoms with E-state index in [1.807, 2.05) is 23.0 Å². The summed E-state index contributed by atoms with van der Waals surface area (Å²) in [5, 5.41) is 17.3. The van der Waals surface area contributed by atoms with Crippen molar-refractivity contribution in [2.75, 3.05) is 5.32 Å². The quantitative estimate of drug-likeness (QED) is 0.906. The number of nitrogens with zero attached hydrogens (tertiary/aromatic N) is 3. The summed E-state index contributed by atoms with van der Waals surface area (Å²) in [6, 6.07) is 9.13. The molecule has 0 radical (unpaired) electrons. The molecule has 2 aromatic rings. The van der Waals surface area contributed by atoms with Crippen molar-refractivity contribution in [2.45, 2.75) is 25.9 Å². The summed E-state index contributed by atoms with van der Waals surface area (Å²) in [5.74, 6) is 0. The Labute approximate surface area is 117 Å². The van der Waals surface area contributed by atoms with Crippen LogP contribution in [0.4, 0.5) is 5.69 Å². The number of anilines is 1. The Balaban J connectivity index is 2.13. The number of aromatic nitrogens is 2. The highest BCUT2D eigenvalue weighted by Crippen LogP contribution is 2.21. The van der Waals surface area contributed by atoms with Gasteiger partial charge in [0.05, 0.1) is 12.3 Å². The van der Waals surface area contributed by atoms with E-state index in [0.717, 1.165) is 24.2 Å². The van der Waals surface area contributed by atoms with E-state index in [9.17, 15) is 5.26 Å². The molecule has 1 unspecified atom stereocenters. The minimum Gasteiger partial charge on any atom is -0.366 e. The highest BCUT2D eigenvalue weighted by Gasteiger charge is 2.12. The van der Waals surface area contributed by atoms with Crippen molar-refractivity contribution >= 4 is 17.3 Å². The molecule has 0 spiro atoms. The fourth-order valence-electron chi connectivity index (χ4n) is 1.82. The molecule has 5 heteroatoms. The number of aryl methyl sites for hydroxylation is 1. The SMILES string of the molecule is CCCn1cc(C(C#N)Nc2cccc(Cl)c2)cn1. The van der Waals surface area contributed by atoms with E-state index in [4.69, 9.17) is 11.6 Å². The lowest BCUT2D eigenvalue weighted by Gasteiger charge is -2.11. The molecule has 0 aliphatic carbocycles. The van der Waals surface area contributed by atoms with Gasteiger partial charge >= 0.3 is 0 Å². The summed E-state index contributed by atoms with van der Waals surface area (Å²) < 4.78 is 1.85. The van der Waals surface area contributed by atoms with Crippen molar-refractivity contribution in [2.24, 2.45) is 0 Å². The molecule has 0 saturated carbocycles. The van der Waals surface area contributed by atoms with Crippen molar-refractivity contribution in [3.8, 4) is 6.07 Å². The highest BCUT2D eigenvalue weighted by molar-refractivity contribution is 6.30. The molecule has 19 heavy (non-hydrogen) atoms. The fourth-order valence-corrected chi connectivity index (χ4v) is 2.01. The van der Waals surface area contributed by atoms with Crippen molar-refractivity contribution in [1.29, 1.82) is 5.26 Å². The minimum atomic E-state index is -0.427. The van der Waals surface area contributed by atoms with Crippen LogP contribution in [0.5, 0.6) is 0 Å². The molecule has 1 heterocycles. The van der Waals surface area contributed by atoms with Gasteiger partial charge in [-0.25, -0.2) is 0 Å². The van der Waals surface area contributed by atoms with Crippen LogP contribution >= 0.6 is 11.6 Å². The first-order valence-electron chi connectivity index (χ1n) is 6.17. The third kappa shape index (κ3) is 3.49. The van der Waals surface area contributed by atoms with E-state index >= 15 is 0 Å². The molecule has 1 aromatic heterocycles. The van der Waals surface area contributed by atoms with E-state index in [0.29, 0.717) is 5.02 Å². The third-order valence-corrected chi connectivity index (χ3v) is 2.94. The van der Waals surface area contributed by atoms with E-state index < -0.39 is 6.04 Å². The molecule has 1 atom stereocenters. The van der Waals surface area contributed by atoms with Crippen LogP contribution in [0.2, 0.25) is 5.02 Å². The van der Waals surface area contributed by atoms with E-state index in [2.05, 4.69) is 23.4 Å². The summed E-state index contributed by atoms with van der Waals surface area (Å²) in [6.07, 6.45) is 4.64. The maximum Gasteiger partial charge on any atom is 0.143 e. The number of rotatable bonds is 5. The second-order valence-electron chi connectivity index (χ2n) is 4.25. The maximum absolute atomic E-state index is 9.27. The van der Waals surface area contributed by atoms with Gasteiger partial charge in [0.15, 0.2) is 0 Å². The molecule has 1 aromatic carbocycles. The smallest absolute Gasteiger partial charge is 0.143 e. The summed E-state index contributed by atoms with van der Waals surface area (Å²) in [7, 11) is 0. The van der Waals surface area contributed by atoms with E-state index in [-0.39, 0.29) is 0 Å². The summed E-state index contributed by atoms with van der Waals surface area (Å²) in [4.78, 5) is 0. The van der Waals surface area contributed by atoms with Gasteiger partial charge in [-0.3, -0.25) is 4.68 Å². The molecular weight excluding hydrogens is 260 g/mol. The normalized spacial score (nSPS) is 11.8. The number of nitriles is 1. The Bertz CT molecular complexity index is 585. The lowest BCUT2D eigenvalue weighted by atomic mass is 10.1. The predicted octanol–water partition coefficient (Wildman–Crippen LogP) is 3.62. The third-order valence-electron chi connectivity index (χ3n) is 2.70. The van der Waals surface area contributed by atoms with Crippen LogP contribution in [0, 0.1) is 11.3 Å². The van der Waals surface area contributed by atoms with Crippen molar-refractivity contribution in [3.63, 3.8) is 0 Å². The van der Waals surface area contributed by atoms with Gasteiger partial charge in [-0.2, -0.15) is 10.4 Å². The van der Waals surface area contributed by atoms with Crippen LogP contribution in [0.15, 0.2) is 36.7 Å². The molecular formula is C14H15ClN4. The van der Waals surface area contributed by atoms with Crippen molar-refractivity contribution in [3.05, 3.63) is 47.2 Å². The van der Waals surface area contributed by atoms with Gasteiger partial charge in [0, 0.05) is 29.0 Å². The van der Waals surface area contributed by atoms with Crippen LogP contribution in [-0.2, 0) is 6.54 Å². The number of hydrogen-bond donors (Lipinski definition) is 1. The number of halogens is 1. The molecule has 0 aliphatic heterocycles. The minimum absolute atomic E-state index is 0.427. The average molecular weight is 275 g/mol. The Morgan fingerprint density at radius 3 is 3.05 bits per heavy atom. The van der Waals surface area contributed by atoms with Crippen molar-refractivity contribution in [1.82, 2.24) is 9.78 Å². The van der Waals surface area contributed by atoms with Crippen molar-refractivity contribution < 1.29 is 0 Å². The Morgan fingerprint density at radius 1 is 1.53 bits per heavy atom. The summed E-state index contributed by atoms with van der Waals surface area (Å²) in [6.45, 7) is 2.95. The first-order chi connectivity index (χ1) is 9.22. The van der Waals surface area contributed by atoms with Gasteiger partial charge in [-0.1, -0.05) is 24.6 Å². The molecule has 0 fully saturated rings. The highest BCUT2D eigenvalue weighted by atomic mass is 35.5. The monoisotopic (exact) mass is 274 g/mol. The van der Waals surface area contributed by atoms with Crippen LogP contribution in [0.1, 0.15) is 24.9 Å². The Hall–Kier alpha value is -1.99. The molecule has 0 bridgehead atoms. The topological polar surface area (TPSA) is 53.6 Å². The van der Waals surface area contributed by atoms with E-state index in [1.54, 1.807) is 18.3 Å². The van der Waals surface area contributed by atoms with Gasteiger partial charge in [0.1, 0.15) is 6.04 Å². The lowest BCUT2D eigenvalue weighted by Crippen LogP contribution is -2.07. The second kappa shape index (κ2) is 6.26. The van der Waals surface area contributed by atoms with Gasteiger partial charge in [0.2, 0.25) is 0 Å². The largest absolute Gasteiger partial charge is 0.366 e. The predicted molar refractivity (Wildman–Crippen MR) is 75.9 cm³/mol. The Morgan fingerprint density at radius 2 is 2.37 bits per heavy atom. The Kier molecular flexibility index (Phi) is 4.43. The molecule has 98 valence electrons. The summed E-state index contributed by atoms with van der Waals surface area (Å²) >= 11 is 5.92. The van der Waals surface area contributed by atoms with Crippen LogP contribution in [0.25, 0.3) is 0 Å². The zero-order valence-electron chi connectivity index (χ0n) is 10.7. The number of hydrogen-bond acceptors (Lipinski definition) is 3. The molecule has 1 N–H and O–H groups in total. The second-order valence-corrected chi connectivity index (χ2v) is 4.69. The molecule has 2 rings (SSSR count). The van der Waals surface area contributed by atoms with Gasteiger partial charge in [0.25, 0.3) is 0 Å². The van der Waals surface area contributed by atoms with Crippen LogP contribution in [-0.4, -0.2) is 9.78 Å². The molecule has 0 amide bonds. The molecule has 4 nitrogen and oxygen atoms in total. The standard InChI is InChI=1S/C14H15ClN4/c1-2-6-19-10-11(9-17-19)14(8-16)18-13-5-3-4-12(15)7-13/h3-5,7,9-10,14,18H,2,6H2,1H3. The zero-order valence-corrected chi connectivity index (χ0v) is 11.4. The first kappa shape index (κ1) is 13.4. The van der Waals surface area contributed by atoms with Crippen LogP contribution in [0.3, 0.4) is 0 Å². The zero-order chi connectivity index (χ0) is 13.7. The van der Waals surface area contributed by atoms with Gasteiger partial charge < -0.3 is 5.32 Å². The molecule has 0 saturated heterocycles. The molecule has 0 aliphatic rings. The first-order valence-corrected chi connectivity index (χ1v) is 6.55.